The summed E-state index contributed by atoms with van der Waals surface area (Å²) in [4.78, 5) is 8.34. The number of nitrogens with zero attached hydrogens (tertiary/aromatic N) is 2. The Kier molecular flexibility index (Phi) is 1.35. The first-order chi connectivity index (χ1) is 5.38. The van der Waals surface area contributed by atoms with Crippen molar-refractivity contribution in [2.75, 3.05) is 0 Å². The maximum atomic E-state index is 4.19. The number of aromatic nitrogens is 1. The molecular weight excluding hydrogens is 138 g/mol. The second-order valence-corrected chi connectivity index (χ2v) is 2.54. The molecule has 3 heteroatoms. The summed E-state index contributed by atoms with van der Waals surface area (Å²) in [5.74, 6) is 0. The Morgan fingerprint density at radius 3 is 3.27 bits per heavy atom. The van der Waals surface area contributed by atoms with Crippen LogP contribution in [0.3, 0.4) is 0 Å². The van der Waals surface area contributed by atoms with Gasteiger partial charge in [-0.3, -0.25) is 4.98 Å². The van der Waals surface area contributed by atoms with Gasteiger partial charge in [-0.2, -0.15) is 0 Å². The van der Waals surface area contributed by atoms with Crippen molar-refractivity contribution in [3.05, 3.63) is 23.5 Å². The lowest BCUT2D eigenvalue weighted by Gasteiger charge is -2.11. The van der Waals surface area contributed by atoms with Crippen LogP contribution in [-0.2, 0) is 6.54 Å². The van der Waals surface area contributed by atoms with Gasteiger partial charge in [0.2, 0.25) is 0 Å². The first-order valence-corrected chi connectivity index (χ1v) is 3.58. The van der Waals surface area contributed by atoms with Crippen LogP contribution in [0.25, 0.3) is 0 Å². The minimum Gasteiger partial charge on any atom is -0.372 e. The van der Waals surface area contributed by atoms with E-state index >= 15 is 0 Å². The lowest BCUT2D eigenvalue weighted by molar-refractivity contribution is 0.901. The standard InChI is InChI=1S/C8H9N3/c1-6-8-7(2-3-10-6)4-9-5-11-8/h2-3,5H,4H2,1H3,(H,9,11). The van der Waals surface area contributed by atoms with Crippen molar-refractivity contribution in [1.82, 2.24) is 10.3 Å². The summed E-state index contributed by atoms with van der Waals surface area (Å²) >= 11 is 0. The highest BCUT2D eigenvalue weighted by Gasteiger charge is 2.06. The van der Waals surface area contributed by atoms with Gasteiger partial charge in [0.1, 0.15) is 0 Å². The first kappa shape index (κ1) is 6.34. The van der Waals surface area contributed by atoms with Gasteiger partial charge in [-0.15, -0.1) is 0 Å². The fraction of sp³-hybridized carbons (Fsp3) is 0.250. The third kappa shape index (κ3) is 0.981. The van der Waals surface area contributed by atoms with Crippen LogP contribution in [-0.4, -0.2) is 11.3 Å². The van der Waals surface area contributed by atoms with Gasteiger partial charge < -0.3 is 5.32 Å². The molecule has 11 heavy (non-hydrogen) atoms. The van der Waals surface area contributed by atoms with Crippen LogP contribution in [0.1, 0.15) is 11.3 Å². The molecule has 0 amide bonds. The van der Waals surface area contributed by atoms with Crippen molar-refractivity contribution in [3.63, 3.8) is 0 Å². The Balaban J connectivity index is 2.60. The van der Waals surface area contributed by atoms with Crippen molar-refractivity contribution in [2.45, 2.75) is 13.5 Å². The second kappa shape index (κ2) is 2.34. The third-order valence-electron chi connectivity index (χ3n) is 1.77. The molecular formula is C8H9N3. The van der Waals surface area contributed by atoms with E-state index < -0.39 is 0 Å². The van der Waals surface area contributed by atoms with Crippen molar-refractivity contribution < 1.29 is 0 Å². The predicted molar refractivity (Wildman–Crippen MR) is 44.0 cm³/mol. The Hall–Kier alpha value is -1.38. The van der Waals surface area contributed by atoms with Crippen LogP contribution in [0, 0.1) is 6.92 Å². The van der Waals surface area contributed by atoms with Crippen molar-refractivity contribution >= 4 is 12.0 Å². The monoisotopic (exact) mass is 147 g/mol. The van der Waals surface area contributed by atoms with E-state index in [1.807, 2.05) is 19.2 Å². The van der Waals surface area contributed by atoms with Crippen LogP contribution in [0.5, 0.6) is 0 Å². The second-order valence-electron chi connectivity index (χ2n) is 2.54. The molecule has 0 radical (unpaired) electrons. The summed E-state index contributed by atoms with van der Waals surface area (Å²) in [6.45, 7) is 2.84. The molecule has 0 fully saturated rings. The Labute approximate surface area is 65.2 Å². The van der Waals surface area contributed by atoms with Gasteiger partial charge in [0, 0.05) is 18.3 Å². The maximum Gasteiger partial charge on any atom is 0.0909 e. The van der Waals surface area contributed by atoms with E-state index in [9.17, 15) is 0 Å². The zero-order valence-electron chi connectivity index (χ0n) is 6.33. The summed E-state index contributed by atoms with van der Waals surface area (Å²) in [7, 11) is 0. The number of rotatable bonds is 0. The smallest absolute Gasteiger partial charge is 0.0909 e. The Bertz CT molecular complexity index is 304. The van der Waals surface area contributed by atoms with E-state index in [1.54, 1.807) is 6.34 Å². The quantitative estimate of drug-likeness (QED) is 0.597. The molecule has 0 bridgehead atoms. The summed E-state index contributed by atoms with van der Waals surface area (Å²) < 4.78 is 0. The van der Waals surface area contributed by atoms with Gasteiger partial charge in [0.25, 0.3) is 0 Å². The predicted octanol–water partition coefficient (Wildman–Crippen LogP) is 1.15. The fourth-order valence-electron chi connectivity index (χ4n) is 1.20. The van der Waals surface area contributed by atoms with E-state index in [0.717, 1.165) is 17.9 Å². The molecule has 0 unspecified atom stereocenters. The molecule has 1 aliphatic rings. The number of hydrogen-bond donors (Lipinski definition) is 1. The van der Waals surface area contributed by atoms with E-state index in [4.69, 9.17) is 0 Å². The molecule has 0 aliphatic carbocycles. The van der Waals surface area contributed by atoms with Crippen molar-refractivity contribution in [1.29, 1.82) is 0 Å². The van der Waals surface area contributed by atoms with Gasteiger partial charge in [-0.25, -0.2) is 4.99 Å². The molecule has 1 N–H and O–H groups in total. The fourth-order valence-corrected chi connectivity index (χ4v) is 1.20. The molecule has 2 heterocycles. The molecule has 1 aromatic rings. The van der Waals surface area contributed by atoms with Gasteiger partial charge >= 0.3 is 0 Å². The highest BCUT2D eigenvalue weighted by atomic mass is 15.0. The number of nitrogens with one attached hydrogen (secondary N) is 1. The lowest BCUT2D eigenvalue weighted by Crippen LogP contribution is -2.14. The molecule has 1 aromatic heterocycles. The van der Waals surface area contributed by atoms with Crippen molar-refractivity contribution in [3.8, 4) is 0 Å². The Morgan fingerprint density at radius 1 is 1.55 bits per heavy atom. The summed E-state index contributed by atoms with van der Waals surface area (Å²) in [5.41, 5.74) is 3.24. The van der Waals surface area contributed by atoms with Crippen LogP contribution in [0.4, 0.5) is 5.69 Å². The summed E-state index contributed by atoms with van der Waals surface area (Å²) in [6.07, 6.45) is 3.54. The first-order valence-electron chi connectivity index (χ1n) is 3.58. The summed E-state index contributed by atoms with van der Waals surface area (Å²) in [6, 6.07) is 1.99. The average Bonchev–Trinajstić information content (AvgIpc) is 2.06. The average molecular weight is 147 g/mol. The molecule has 0 saturated heterocycles. The van der Waals surface area contributed by atoms with Crippen LogP contribution in [0.15, 0.2) is 17.3 Å². The normalized spacial score (nSPS) is 13.9. The van der Waals surface area contributed by atoms with E-state index in [0.29, 0.717) is 0 Å². The van der Waals surface area contributed by atoms with Gasteiger partial charge in [0.15, 0.2) is 0 Å². The molecule has 2 rings (SSSR count). The molecule has 0 aromatic carbocycles. The minimum atomic E-state index is 0.863. The van der Waals surface area contributed by atoms with Gasteiger partial charge in [-0.1, -0.05) is 0 Å². The number of aryl methyl sites for hydroxylation is 1. The Morgan fingerprint density at radius 2 is 2.45 bits per heavy atom. The number of fused-ring (bicyclic) bond motifs is 1. The summed E-state index contributed by atoms with van der Waals surface area (Å²) in [5, 5.41) is 3.05. The third-order valence-corrected chi connectivity index (χ3v) is 1.77. The number of aliphatic imine (C=N–C) groups is 1. The van der Waals surface area contributed by atoms with E-state index in [1.165, 1.54) is 5.56 Å². The van der Waals surface area contributed by atoms with E-state index in [2.05, 4.69) is 15.3 Å². The molecule has 0 spiro atoms. The SMILES string of the molecule is Cc1nccc2c1N=CNC2. The molecule has 56 valence electrons. The lowest BCUT2D eigenvalue weighted by atomic mass is 10.1. The molecule has 3 nitrogen and oxygen atoms in total. The highest BCUT2D eigenvalue weighted by molar-refractivity contribution is 5.67. The van der Waals surface area contributed by atoms with E-state index in [-0.39, 0.29) is 0 Å². The zero-order chi connectivity index (χ0) is 7.68. The zero-order valence-corrected chi connectivity index (χ0v) is 6.33. The maximum absolute atomic E-state index is 4.19. The topological polar surface area (TPSA) is 37.3 Å². The van der Waals surface area contributed by atoms with Gasteiger partial charge in [-0.05, 0) is 13.0 Å². The number of hydrogen-bond acceptors (Lipinski definition) is 3. The molecule has 0 saturated carbocycles. The van der Waals surface area contributed by atoms with Gasteiger partial charge in [0.05, 0.1) is 17.7 Å². The minimum absolute atomic E-state index is 0.863. The number of pyridine rings is 1. The molecule has 0 atom stereocenters. The van der Waals surface area contributed by atoms with Crippen LogP contribution in [0.2, 0.25) is 0 Å². The highest BCUT2D eigenvalue weighted by Crippen LogP contribution is 2.22. The molecule has 1 aliphatic heterocycles. The van der Waals surface area contributed by atoms with Crippen LogP contribution < -0.4 is 5.32 Å². The largest absolute Gasteiger partial charge is 0.372 e. The van der Waals surface area contributed by atoms with Crippen molar-refractivity contribution in [2.24, 2.45) is 4.99 Å². The van der Waals surface area contributed by atoms with Crippen LogP contribution >= 0.6 is 0 Å².